The molecule has 58 valence electrons. The summed E-state index contributed by atoms with van der Waals surface area (Å²) in [6, 6.07) is 0. The van der Waals surface area contributed by atoms with Crippen LogP contribution in [0, 0.1) is 0 Å². The Kier molecular flexibility index (Phi) is 4.11. The average Bonchev–Trinajstić information content (AvgIpc) is 1.81. The number of hydrogen-bond donors (Lipinski definition) is 1. The third-order valence-corrected chi connectivity index (χ3v) is 1.34. The first-order valence-corrected chi connectivity index (χ1v) is 3.62. The summed E-state index contributed by atoms with van der Waals surface area (Å²) in [6.07, 6.45) is 1.03. The van der Waals surface area contributed by atoms with Gasteiger partial charge in [-0.25, -0.2) is 4.79 Å². The number of hydrogen-bond acceptors (Lipinski definition) is 2. The molecule has 1 N–H and O–H groups in total. The molecule has 0 aliphatic carbocycles. The summed E-state index contributed by atoms with van der Waals surface area (Å²) in [6.45, 7) is 1.79. The van der Waals surface area contributed by atoms with Crippen LogP contribution < -0.4 is 0 Å². The van der Waals surface area contributed by atoms with Gasteiger partial charge in [-0.05, 0) is 6.92 Å². The molecule has 1 unspecified atom stereocenters. The molecular formula is C6H9BrO3. The van der Waals surface area contributed by atoms with E-state index in [1.807, 2.05) is 0 Å². The minimum Gasteiger partial charge on any atom is -0.500 e. The van der Waals surface area contributed by atoms with Gasteiger partial charge in [0.1, 0.15) is 5.76 Å². The van der Waals surface area contributed by atoms with E-state index in [4.69, 9.17) is 9.84 Å². The fourth-order valence-corrected chi connectivity index (χ4v) is 0.777. The summed E-state index contributed by atoms with van der Waals surface area (Å²) < 4.78 is 4.76. The highest BCUT2D eigenvalue weighted by atomic mass is 79.9. The predicted octanol–water partition coefficient (Wildman–Crippen LogP) is 1.38. The van der Waals surface area contributed by atoms with Crippen molar-refractivity contribution < 1.29 is 14.6 Å². The highest BCUT2D eigenvalue weighted by Crippen LogP contribution is 2.10. The summed E-state index contributed by atoms with van der Waals surface area (Å²) in [5, 5.41) is 8.29. The van der Waals surface area contributed by atoms with Crippen LogP contribution in [-0.4, -0.2) is 23.0 Å². The van der Waals surface area contributed by atoms with E-state index in [1.54, 1.807) is 6.92 Å². The lowest BCUT2D eigenvalue weighted by atomic mass is 10.3. The Morgan fingerprint density at radius 2 is 2.30 bits per heavy atom. The van der Waals surface area contributed by atoms with E-state index in [1.165, 1.54) is 7.11 Å². The lowest BCUT2D eigenvalue weighted by Crippen LogP contribution is -2.02. The van der Waals surface area contributed by atoms with Crippen LogP contribution in [0.2, 0.25) is 0 Å². The molecule has 0 rings (SSSR count). The van der Waals surface area contributed by atoms with Crippen LogP contribution in [0.25, 0.3) is 0 Å². The molecular weight excluding hydrogens is 200 g/mol. The number of aliphatic carboxylic acids is 1. The van der Waals surface area contributed by atoms with E-state index < -0.39 is 5.97 Å². The summed E-state index contributed by atoms with van der Waals surface area (Å²) in [5.41, 5.74) is 0. The second kappa shape index (κ2) is 4.33. The van der Waals surface area contributed by atoms with Gasteiger partial charge in [-0.2, -0.15) is 0 Å². The zero-order chi connectivity index (χ0) is 8.15. The van der Waals surface area contributed by atoms with Gasteiger partial charge in [0.2, 0.25) is 0 Å². The van der Waals surface area contributed by atoms with E-state index in [2.05, 4.69) is 15.9 Å². The molecule has 0 spiro atoms. The quantitative estimate of drug-likeness (QED) is 0.434. The second-order valence-electron chi connectivity index (χ2n) is 1.71. The van der Waals surface area contributed by atoms with Crippen molar-refractivity contribution in [3.8, 4) is 0 Å². The Morgan fingerprint density at radius 3 is 2.40 bits per heavy atom. The zero-order valence-electron chi connectivity index (χ0n) is 5.80. The number of carboxylic acid groups (broad SMARTS) is 1. The lowest BCUT2D eigenvalue weighted by Gasteiger charge is -2.05. The van der Waals surface area contributed by atoms with Gasteiger partial charge in [-0.3, -0.25) is 0 Å². The molecule has 0 saturated carbocycles. The molecule has 0 aromatic rings. The van der Waals surface area contributed by atoms with Gasteiger partial charge in [0, 0.05) is 0 Å². The SMILES string of the molecule is CO/C(=C/C(=O)O)C(C)Br. The molecule has 1 atom stereocenters. The van der Waals surface area contributed by atoms with Crippen LogP contribution in [0.15, 0.2) is 11.8 Å². The molecule has 0 aromatic carbocycles. The number of ether oxygens (including phenoxy) is 1. The third-order valence-electron chi connectivity index (χ3n) is 0.893. The predicted molar refractivity (Wildman–Crippen MR) is 41.1 cm³/mol. The molecule has 3 nitrogen and oxygen atoms in total. The number of alkyl halides is 1. The fraction of sp³-hybridized carbons (Fsp3) is 0.500. The molecule has 0 aliphatic heterocycles. The highest BCUT2D eigenvalue weighted by molar-refractivity contribution is 9.09. The van der Waals surface area contributed by atoms with E-state index in [0.717, 1.165) is 6.08 Å². The smallest absolute Gasteiger partial charge is 0.331 e. The third kappa shape index (κ3) is 3.50. The van der Waals surface area contributed by atoms with Crippen molar-refractivity contribution in [1.82, 2.24) is 0 Å². The van der Waals surface area contributed by atoms with Crippen molar-refractivity contribution in [2.45, 2.75) is 11.8 Å². The minimum atomic E-state index is -0.997. The maximum absolute atomic E-state index is 10.1. The number of rotatable bonds is 3. The Balaban J connectivity index is 4.18. The summed E-state index contributed by atoms with van der Waals surface area (Å²) >= 11 is 3.17. The number of methoxy groups -OCH3 is 1. The van der Waals surface area contributed by atoms with Crippen LogP contribution in [-0.2, 0) is 9.53 Å². The Hall–Kier alpha value is -0.510. The minimum absolute atomic E-state index is 0.0615. The van der Waals surface area contributed by atoms with Crippen LogP contribution in [0.3, 0.4) is 0 Å². The molecule has 0 amide bonds. The first kappa shape index (κ1) is 9.49. The fourth-order valence-electron chi connectivity index (χ4n) is 0.458. The average molecular weight is 209 g/mol. The van der Waals surface area contributed by atoms with Crippen LogP contribution in [0.1, 0.15) is 6.92 Å². The molecule has 0 fully saturated rings. The number of carbonyl (C=O) groups is 1. The van der Waals surface area contributed by atoms with Gasteiger partial charge in [0.05, 0.1) is 18.0 Å². The molecule has 4 heteroatoms. The Bertz CT molecular complexity index is 151. The van der Waals surface area contributed by atoms with E-state index >= 15 is 0 Å². The van der Waals surface area contributed by atoms with Crippen LogP contribution in [0.5, 0.6) is 0 Å². The lowest BCUT2D eigenvalue weighted by molar-refractivity contribution is -0.131. The normalized spacial score (nSPS) is 14.5. The van der Waals surface area contributed by atoms with E-state index in [9.17, 15) is 4.79 Å². The summed E-state index contributed by atoms with van der Waals surface area (Å²) in [5.74, 6) is -0.587. The van der Waals surface area contributed by atoms with Gasteiger partial charge >= 0.3 is 5.97 Å². The van der Waals surface area contributed by atoms with Crippen molar-refractivity contribution in [3.05, 3.63) is 11.8 Å². The van der Waals surface area contributed by atoms with Crippen molar-refractivity contribution in [2.24, 2.45) is 0 Å². The maximum Gasteiger partial charge on any atom is 0.331 e. The molecule has 0 radical (unpaired) electrons. The Labute approximate surface area is 67.8 Å². The van der Waals surface area contributed by atoms with Gasteiger partial charge < -0.3 is 9.84 Å². The molecule has 0 aromatic heterocycles. The zero-order valence-corrected chi connectivity index (χ0v) is 7.38. The summed E-state index contributed by atoms with van der Waals surface area (Å²) in [7, 11) is 1.44. The van der Waals surface area contributed by atoms with Gasteiger partial charge in [0.15, 0.2) is 0 Å². The molecule has 0 heterocycles. The second-order valence-corrected chi connectivity index (χ2v) is 3.08. The topological polar surface area (TPSA) is 46.5 Å². The van der Waals surface area contributed by atoms with Crippen LogP contribution >= 0.6 is 15.9 Å². The molecule has 0 bridgehead atoms. The van der Waals surface area contributed by atoms with Crippen LogP contribution in [0.4, 0.5) is 0 Å². The van der Waals surface area contributed by atoms with Gasteiger partial charge in [0.25, 0.3) is 0 Å². The standard InChI is InChI=1S/C6H9BrO3/c1-4(7)5(10-2)3-6(8)9/h3-4H,1-2H3,(H,8,9)/b5-3+. The highest BCUT2D eigenvalue weighted by Gasteiger charge is 2.05. The molecule has 0 aliphatic rings. The van der Waals surface area contributed by atoms with Gasteiger partial charge in [-0.15, -0.1) is 0 Å². The largest absolute Gasteiger partial charge is 0.500 e. The monoisotopic (exact) mass is 208 g/mol. The maximum atomic E-state index is 10.1. The van der Waals surface area contributed by atoms with E-state index in [-0.39, 0.29) is 4.83 Å². The number of carboxylic acids is 1. The van der Waals surface area contributed by atoms with Crippen molar-refractivity contribution in [3.63, 3.8) is 0 Å². The summed E-state index contributed by atoms with van der Waals surface area (Å²) in [4.78, 5) is 10.0. The van der Waals surface area contributed by atoms with E-state index in [0.29, 0.717) is 5.76 Å². The number of halogens is 1. The van der Waals surface area contributed by atoms with Gasteiger partial charge in [-0.1, -0.05) is 15.9 Å². The first-order chi connectivity index (χ1) is 4.57. The molecule has 0 saturated heterocycles. The van der Waals surface area contributed by atoms with Crippen molar-refractivity contribution >= 4 is 21.9 Å². The van der Waals surface area contributed by atoms with Crippen molar-refractivity contribution in [2.75, 3.05) is 7.11 Å². The van der Waals surface area contributed by atoms with Crippen molar-refractivity contribution in [1.29, 1.82) is 0 Å². The number of allylic oxidation sites excluding steroid dienone is 1. The first-order valence-electron chi connectivity index (χ1n) is 2.70. The molecule has 10 heavy (non-hydrogen) atoms. The Morgan fingerprint density at radius 1 is 1.80 bits per heavy atom.